The van der Waals surface area contributed by atoms with E-state index in [1.54, 1.807) is 11.1 Å². The smallest absolute Gasteiger partial charge is 0.434 e. The van der Waals surface area contributed by atoms with Gasteiger partial charge in [-0.05, 0) is 32.0 Å². The highest BCUT2D eigenvalue weighted by Gasteiger charge is 2.43. The molecule has 0 bridgehead atoms. The Morgan fingerprint density at radius 2 is 1.76 bits per heavy atom. The van der Waals surface area contributed by atoms with Gasteiger partial charge in [-0.1, -0.05) is 12.1 Å². The van der Waals surface area contributed by atoms with Crippen molar-refractivity contribution in [3.63, 3.8) is 0 Å². The number of urea groups is 1. The second-order valence-corrected chi connectivity index (χ2v) is 9.56. The lowest BCUT2D eigenvalue weighted by Crippen LogP contribution is -2.47. The van der Waals surface area contributed by atoms with E-state index in [9.17, 15) is 18.0 Å². The van der Waals surface area contributed by atoms with Gasteiger partial charge in [0.2, 0.25) is 0 Å². The van der Waals surface area contributed by atoms with Crippen LogP contribution >= 0.6 is 0 Å². The molecule has 8 nitrogen and oxygen atoms in total. The van der Waals surface area contributed by atoms with Crippen LogP contribution in [0.1, 0.15) is 37.9 Å². The lowest BCUT2D eigenvalue weighted by Gasteiger charge is -2.39. The summed E-state index contributed by atoms with van der Waals surface area (Å²) in [6.07, 6.45) is 1.37. The number of alkyl halides is 3. The molecule has 1 spiro atoms. The molecule has 200 valence electrons. The van der Waals surface area contributed by atoms with Crippen molar-refractivity contribution in [1.29, 1.82) is 0 Å². The third-order valence-electron chi connectivity index (χ3n) is 7.20. The number of hydrogen-bond acceptors (Lipinski definition) is 6. The van der Waals surface area contributed by atoms with Gasteiger partial charge in [-0.25, -0.2) is 14.8 Å². The van der Waals surface area contributed by atoms with E-state index in [1.165, 1.54) is 6.20 Å². The molecule has 2 aromatic heterocycles. The predicted octanol–water partition coefficient (Wildman–Crippen LogP) is 5.41. The maximum absolute atomic E-state index is 12.8. The highest BCUT2D eigenvalue weighted by Crippen LogP contribution is 2.42. The minimum Gasteiger partial charge on any atom is -0.485 e. The Hall–Kier alpha value is -3.89. The molecule has 0 atom stereocenters. The van der Waals surface area contributed by atoms with Gasteiger partial charge in [0.25, 0.3) is 0 Å². The van der Waals surface area contributed by atoms with Crippen molar-refractivity contribution in [3.8, 4) is 17.0 Å². The number of ether oxygens (including phenoxy) is 1. The van der Waals surface area contributed by atoms with E-state index >= 15 is 0 Å². The molecule has 38 heavy (non-hydrogen) atoms. The SMILES string of the molecule is CCN(CC)C(=O)Nc1ccc(-c2cc3c(cn2)OC2(CCN(c4cnc(C(F)(F)F)cn4)CC2)C3)cc1. The summed E-state index contributed by atoms with van der Waals surface area (Å²) in [7, 11) is 0. The zero-order chi connectivity index (χ0) is 26.9. The van der Waals surface area contributed by atoms with Crippen molar-refractivity contribution < 1.29 is 22.7 Å². The average Bonchev–Trinajstić information content (AvgIpc) is 3.26. The summed E-state index contributed by atoms with van der Waals surface area (Å²) in [5.74, 6) is 1.20. The highest BCUT2D eigenvalue weighted by atomic mass is 19.4. The fraction of sp³-hybridized carbons (Fsp3) is 0.407. The van der Waals surface area contributed by atoms with E-state index < -0.39 is 11.9 Å². The van der Waals surface area contributed by atoms with Gasteiger partial charge in [-0.15, -0.1) is 0 Å². The van der Waals surface area contributed by atoms with Gasteiger partial charge in [-0.2, -0.15) is 13.2 Å². The number of aromatic nitrogens is 3. The second kappa shape index (κ2) is 10.1. The topological polar surface area (TPSA) is 83.5 Å². The standard InChI is InChI=1S/C27H29F3N6O2/c1-3-35(4-2)25(37)34-20-7-5-18(6-8-20)21-13-19-14-26(38-22(19)15-31-21)9-11-36(12-10-26)24-17-32-23(16-33-24)27(28,29)30/h5-8,13,15-17H,3-4,9-12,14H2,1-2H3,(H,34,37). The number of benzene rings is 1. The third kappa shape index (κ3) is 5.23. The molecule has 2 aliphatic rings. The van der Waals surface area contributed by atoms with E-state index in [-0.39, 0.29) is 11.6 Å². The monoisotopic (exact) mass is 526 g/mol. The molecule has 1 fully saturated rings. The van der Waals surface area contributed by atoms with Gasteiger partial charge in [0.15, 0.2) is 5.69 Å². The first-order chi connectivity index (χ1) is 18.2. The molecular formula is C27H29F3N6O2. The Kier molecular flexibility index (Phi) is 6.85. The van der Waals surface area contributed by atoms with Crippen molar-refractivity contribution in [3.05, 3.63) is 60.2 Å². The van der Waals surface area contributed by atoms with E-state index in [1.807, 2.05) is 49.1 Å². The number of carbonyl (C=O) groups excluding carboxylic acids is 1. The normalized spacial score (nSPS) is 16.2. The Balaban J connectivity index is 1.22. The summed E-state index contributed by atoms with van der Waals surface area (Å²) in [6, 6.07) is 9.51. The number of pyridine rings is 1. The molecule has 2 aliphatic heterocycles. The minimum absolute atomic E-state index is 0.128. The molecule has 0 aliphatic carbocycles. The van der Waals surface area contributed by atoms with Crippen LogP contribution in [0.5, 0.6) is 5.75 Å². The first-order valence-electron chi connectivity index (χ1n) is 12.7. The number of halogens is 3. The fourth-order valence-electron chi connectivity index (χ4n) is 4.98. The van der Waals surface area contributed by atoms with Crippen molar-refractivity contribution in [2.45, 2.75) is 44.9 Å². The van der Waals surface area contributed by atoms with Crippen LogP contribution in [0.3, 0.4) is 0 Å². The summed E-state index contributed by atoms with van der Waals surface area (Å²) >= 11 is 0. The fourth-order valence-corrected chi connectivity index (χ4v) is 4.98. The maximum atomic E-state index is 12.8. The van der Waals surface area contributed by atoms with Crippen LogP contribution in [-0.4, -0.2) is 57.7 Å². The molecule has 0 unspecified atom stereocenters. The minimum atomic E-state index is -4.50. The number of carbonyl (C=O) groups is 1. The van der Waals surface area contributed by atoms with Crippen molar-refractivity contribution in [2.75, 3.05) is 36.4 Å². The lowest BCUT2D eigenvalue weighted by atomic mass is 9.87. The Morgan fingerprint density at radius 1 is 1.05 bits per heavy atom. The number of nitrogens with one attached hydrogen (secondary N) is 1. The molecule has 5 rings (SSSR count). The number of piperidine rings is 1. The molecule has 1 aromatic carbocycles. The van der Waals surface area contributed by atoms with Gasteiger partial charge in [0.1, 0.15) is 17.2 Å². The molecular weight excluding hydrogens is 497 g/mol. The summed E-state index contributed by atoms with van der Waals surface area (Å²) in [6.45, 7) is 6.38. The maximum Gasteiger partial charge on any atom is 0.434 e. The second-order valence-electron chi connectivity index (χ2n) is 9.56. The summed E-state index contributed by atoms with van der Waals surface area (Å²) in [5, 5.41) is 2.91. The third-order valence-corrected chi connectivity index (χ3v) is 7.20. The van der Waals surface area contributed by atoms with Crippen molar-refractivity contribution in [2.24, 2.45) is 0 Å². The Bertz CT molecular complexity index is 1290. The van der Waals surface area contributed by atoms with Crippen molar-refractivity contribution >= 4 is 17.5 Å². The van der Waals surface area contributed by atoms with E-state index in [0.717, 1.165) is 40.9 Å². The molecule has 0 saturated carbocycles. The molecule has 11 heteroatoms. The van der Waals surface area contributed by atoms with Gasteiger partial charge in [0.05, 0.1) is 24.3 Å². The van der Waals surface area contributed by atoms with Crippen LogP contribution in [0, 0.1) is 0 Å². The Labute approximate surface area is 218 Å². The number of hydrogen-bond donors (Lipinski definition) is 1. The quantitative estimate of drug-likeness (QED) is 0.479. The van der Waals surface area contributed by atoms with Gasteiger partial charge < -0.3 is 19.9 Å². The first kappa shape index (κ1) is 25.7. The van der Waals surface area contributed by atoms with Gasteiger partial charge in [-0.3, -0.25) is 4.98 Å². The number of fused-ring (bicyclic) bond motifs is 1. The molecule has 1 saturated heterocycles. The Morgan fingerprint density at radius 3 is 2.37 bits per heavy atom. The van der Waals surface area contributed by atoms with E-state index in [4.69, 9.17) is 4.74 Å². The van der Waals surface area contributed by atoms with Crippen molar-refractivity contribution in [1.82, 2.24) is 19.9 Å². The number of nitrogens with zero attached hydrogens (tertiary/aromatic N) is 5. The van der Waals surface area contributed by atoms with Crippen LogP contribution in [0.25, 0.3) is 11.3 Å². The summed E-state index contributed by atoms with van der Waals surface area (Å²) in [4.78, 5) is 28.0. The van der Waals surface area contributed by atoms with Crippen LogP contribution < -0.4 is 15.0 Å². The highest BCUT2D eigenvalue weighted by molar-refractivity contribution is 5.89. The summed E-state index contributed by atoms with van der Waals surface area (Å²) < 4.78 is 44.7. The molecule has 1 N–H and O–H groups in total. The van der Waals surface area contributed by atoms with Gasteiger partial charge in [0, 0.05) is 62.3 Å². The van der Waals surface area contributed by atoms with Crippen LogP contribution in [-0.2, 0) is 12.6 Å². The molecule has 4 heterocycles. The van der Waals surface area contributed by atoms with E-state index in [0.29, 0.717) is 44.8 Å². The molecule has 0 radical (unpaired) electrons. The predicted molar refractivity (Wildman–Crippen MR) is 137 cm³/mol. The zero-order valence-corrected chi connectivity index (χ0v) is 21.3. The van der Waals surface area contributed by atoms with Crippen LogP contribution in [0.4, 0.5) is 29.5 Å². The van der Waals surface area contributed by atoms with Crippen LogP contribution in [0.15, 0.2) is 48.9 Å². The number of amides is 2. The van der Waals surface area contributed by atoms with Gasteiger partial charge >= 0.3 is 12.2 Å². The zero-order valence-electron chi connectivity index (χ0n) is 21.3. The first-order valence-corrected chi connectivity index (χ1v) is 12.7. The number of anilines is 2. The molecule has 2 amide bonds. The largest absolute Gasteiger partial charge is 0.485 e. The summed E-state index contributed by atoms with van der Waals surface area (Å²) in [5.41, 5.74) is 2.20. The van der Waals surface area contributed by atoms with E-state index in [2.05, 4.69) is 20.3 Å². The van der Waals surface area contributed by atoms with Crippen LogP contribution in [0.2, 0.25) is 0 Å². The number of rotatable bonds is 5. The average molecular weight is 527 g/mol. The lowest BCUT2D eigenvalue weighted by molar-refractivity contribution is -0.141. The molecule has 3 aromatic rings.